The van der Waals surface area contributed by atoms with Crippen molar-refractivity contribution in [2.45, 2.75) is 71.9 Å². The first kappa shape index (κ1) is 33.0. The number of hydrogen-bond acceptors (Lipinski definition) is 3. The maximum atomic E-state index is 12.8. The van der Waals surface area contributed by atoms with Gasteiger partial charge in [0.15, 0.2) is 0 Å². The molecule has 5 aromatic carbocycles. The van der Waals surface area contributed by atoms with E-state index in [9.17, 15) is 4.39 Å². The Labute approximate surface area is 359 Å². The molecule has 0 N–H and O–H groups in total. The summed E-state index contributed by atoms with van der Waals surface area (Å²) in [6, 6.07) is 41.6. The van der Waals surface area contributed by atoms with Crippen molar-refractivity contribution in [1.82, 2.24) is 9.97 Å². The molecule has 0 amide bonds. The number of aromatic nitrogens is 2. The van der Waals surface area contributed by atoms with Crippen LogP contribution >= 0.6 is 0 Å². The van der Waals surface area contributed by atoms with Crippen LogP contribution in [0.1, 0.15) is 58.2 Å². The number of rotatable bonds is 4. The van der Waals surface area contributed by atoms with E-state index in [1.807, 2.05) is 62.5 Å². The topological polar surface area (TPSA) is 38.9 Å². The fourth-order valence-corrected chi connectivity index (χ4v) is 8.81. The fourth-order valence-electron chi connectivity index (χ4n) is 7.78. The first-order valence-corrected chi connectivity index (χ1v) is 22.3. The molecule has 0 saturated heterocycles. The molecule has 0 fully saturated rings. The zero-order chi connectivity index (χ0) is 44.6. The molecule has 1 aliphatic carbocycles. The van der Waals surface area contributed by atoms with Crippen LogP contribution < -0.4 is 5.19 Å². The van der Waals surface area contributed by atoms with Crippen molar-refractivity contribution in [3.63, 3.8) is 0 Å². The van der Waals surface area contributed by atoms with E-state index < -0.39 is 32.6 Å². The number of nitrogens with zero attached hydrogens (tertiary/aromatic N) is 2. The van der Waals surface area contributed by atoms with E-state index in [4.69, 9.17) is 12.6 Å². The van der Waals surface area contributed by atoms with E-state index in [2.05, 4.69) is 104 Å². The standard InChI is InChI=1S/C37H32NO.C14H15FNSi.Ir/c1-22-21-38-33-30-20-19-29-28-14-10-13-27(26-17-15-25(16-18-26)24-11-8-7-9-12-24)34(28)39-35(29)32(30)37(5,6)36(3,4)31(33)23(22)2;1-17(2,3)13-8-9-14(16-10-13)11-4-6-12(15)7-5-11;/h7-19,21H,1-6H3;4,6-10H,1-3H3;/q2*-1;/i1D3,2D3;;. The Balaban J connectivity index is 0.000000278. The second-order valence-electron chi connectivity index (χ2n) is 16.6. The molecule has 0 aliphatic heterocycles. The van der Waals surface area contributed by atoms with Crippen molar-refractivity contribution in [3.8, 4) is 44.8 Å². The molecule has 1 radical (unpaired) electrons. The molecule has 1 aliphatic rings. The summed E-state index contributed by atoms with van der Waals surface area (Å²) in [5.41, 5.74) is 7.90. The number of furan rings is 1. The average Bonchev–Trinajstić information content (AvgIpc) is 3.61. The molecule has 0 saturated carbocycles. The molecule has 0 spiro atoms. The fraction of sp³-hybridized carbons (Fsp3) is 0.216. The molecule has 3 aromatic heterocycles. The van der Waals surface area contributed by atoms with Crippen LogP contribution in [-0.2, 0) is 30.9 Å². The van der Waals surface area contributed by atoms with Gasteiger partial charge in [-0.15, -0.1) is 47.5 Å². The van der Waals surface area contributed by atoms with Crippen LogP contribution in [0.25, 0.3) is 66.7 Å². The van der Waals surface area contributed by atoms with Gasteiger partial charge < -0.3 is 14.4 Å². The third-order valence-corrected chi connectivity index (χ3v) is 13.7. The number of hydrogen-bond donors (Lipinski definition) is 0. The average molecular weight is 949 g/mol. The van der Waals surface area contributed by atoms with E-state index in [-0.39, 0.29) is 37.0 Å². The van der Waals surface area contributed by atoms with Gasteiger partial charge in [0, 0.05) is 52.1 Å². The quantitative estimate of drug-likeness (QED) is 0.130. The molecular formula is C51H47FIrN2OSi-2. The Morgan fingerprint density at radius 2 is 1.39 bits per heavy atom. The maximum Gasteiger partial charge on any atom is 0.131 e. The molecule has 0 unspecified atom stereocenters. The van der Waals surface area contributed by atoms with Crippen molar-refractivity contribution in [3.05, 3.63) is 162 Å². The Morgan fingerprint density at radius 3 is 2.04 bits per heavy atom. The summed E-state index contributed by atoms with van der Waals surface area (Å²) in [7, 11) is -1.30. The Hall–Kier alpha value is -5.00. The number of halogens is 1. The summed E-state index contributed by atoms with van der Waals surface area (Å²) in [6.45, 7) is 9.62. The van der Waals surface area contributed by atoms with Crippen molar-refractivity contribution < 1.29 is 37.1 Å². The number of fused-ring (bicyclic) bond motifs is 7. The molecule has 9 rings (SSSR count). The summed E-state index contributed by atoms with van der Waals surface area (Å²) in [4.78, 5) is 9.06. The van der Waals surface area contributed by atoms with Gasteiger partial charge in [0.2, 0.25) is 0 Å². The third kappa shape index (κ3) is 7.03. The predicted octanol–water partition coefficient (Wildman–Crippen LogP) is 13.2. The van der Waals surface area contributed by atoms with Gasteiger partial charge in [-0.3, -0.25) is 4.39 Å². The molecule has 8 aromatic rings. The van der Waals surface area contributed by atoms with Gasteiger partial charge in [0.1, 0.15) is 5.58 Å². The number of pyridine rings is 2. The minimum atomic E-state index is -2.66. The Morgan fingerprint density at radius 1 is 0.667 bits per heavy atom. The van der Waals surface area contributed by atoms with Crippen LogP contribution in [0.3, 0.4) is 0 Å². The number of benzene rings is 5. The van der Waals surface area contributed by atoms with E-state index in [1.54, 1.807) is 6.07 Å². The van der Waals surface area contributed by atoms with Gasteiger partial charge in [-0.2, -0.15) is 0 Å². The van der Waals surface area contributed by atoms with Gasteiger partial charge in [0.25, 0.3) is 0 Å². The summed E-state index contributed by atoms with van der Waals surface area (Å²) in [5, 5.41) is 3.19. The summed E-state index contributed by atoms with van der Waals surface area (Å²) in [6.07, 6.45) is 3.14. The molecular weight excluding hydrogens is 896 g/mol. The molecule has 6 heteroatoms. The second kappa shape index (κ2) is 15.1. The van der Waals surface area contributed by atoms with Crippen LogP contribution in [0.15, 0.2) is 126 Å². The van der Waals surface area contributed by atoms with Gasteiger partial charge in [-0.05, 0) is 68.7 Å². The van der Waals surface area contributed by atoms with Crippen LogP contribution in [0.5, 0.6) is 0 Å². The van der Waals surface area contributed by atoms with Crippen LogP contribution in [-0.4, -0.2) is 18.0 Å². The summed E-state index contributed by atoms with van der Waals surface area (Å²) >= 11 is 0. The molecule has 3 nitrogen and oxygen atoms in total. The maximum absolute atomic E-state index is 12.8. The monoisotopic (exact) mass is 949 g/mol. The van der Waals surface area contributed by atoms with Gasteiger partial charge in [-0.25, -0.2) is 0 Å². The number of aryl methyl sites for hydroxylation is 1. The van der Waals surface area contributed by atoms with E-state index in [0.717, 1.165) is 55.4 Å². The zero-order valence-electron chi connectivity index (χ0n) is 39.1. The smallest absolute Gasteiger partial charge is 0.131 e. The predicted molar refractivity (Wildman–Crippen MR) is 234 cm³/mol. The van der Waals surface area contributed by atoms with Crippen LogP contribution in [0, 0.1) is 31.7 Å². The molecule has 0 atom stereocenters. The van der Waals surface area contributed by atoms with E-state index in [1.165, 1.54) is 23.5 Å². The van der Waals surface area contributed by atoms with Gasteiger partial charge >= 0.3 is 0 Å². The molecule has 57 heavy (non-hydrogen) atoms. The van der Waals surface area contributed by atoms with Crippen molar-refractivity contribution >= 4 is 35.2 Å². The summed E-state index contributed by atoms with van der Waals surface area (Å²) in [5.74, 6) is -0.271. The van der Waals surface area contributed by atoms with Crippen molar-refractivity contribution in [1.29, 1.82) is 0 Å². The van der Waals surface area contributed by atoms with Gasteiger partial charge in [-0.1, -0.05) is 154 Å². The summed E-state index contributed by atoms with van der Waals surface area (Å²) < 4.78 is 69.2. The SMILES string of the molecule is C[Si](C)(C)c1ccc(-c2[c-]cc(F)cc2)nc1.[2H]C([2H])([2H])c1cnc2c(c1C([2H])([2H])[2H])C(C)(C)C(C)(C)c1c-2[c-]cc2c1oc1c(-c3ccc(-c4ccccc4)cc3)cccc12.[Ir]. The largest absolute Gasteiger partial charge is 0.475 e. The zero-order valence-corrected chi connectivity index (χ0v) is 36.5. The first-order valence-electron chi connectivity index (χ1n) is 21.8. The third-order valence-electron chi connectivity index (χ3n) is 11.7. The molecule has 289 valence electrons. The van der Waals surface area contributed by atoms with Gasteiger partial charge in [0.05, 0.1) is 13.7 Å². The minimum Gasteiger partial charge on any atom is -0.475 e. The van der Waals surface area contributed by atoms with Crippen LogP contribution in [0.4, 0.5) is 4.39 Å². The Kier molecular flexibility index (Phi) is 8.72. The molecule has 0 bridgehead atoms. The van der Waals surface area contributed by atoms with E-state index in [0.29, 0.717) is 22.4 Å². The molecule has 3 heterocycles. The normalized spacial score (nSPS) is 15.9. The van der Waals surface area contributed by atoms with Crippen molar-refractivity contribution in [2.75, 3.05) is 0 Å². The minimum absolute atomic E-state index is 0. The Bertz CT molecular complexity index is 2960. The van der Waals surface area contributed by atoms with E-state index >= 15 is 0 Å². The number of para-hydroxylation sites is 1. The second-order valence-corrected chi connectivity index (χ2v) is 21.7. The first-order chi connectivity index (χ1) is 29.1. The van der Waals surface area contributed by atoms with Crippen LogP contribution in [0.2, 0.25) is 19.6 Å². The van der Waals surface area contributed by atoms with Crippen molar-refractivity contribution in [2.24, 2.45) is 0 Å².